The molecule has 214 valence electrons. The summed E-state index contributed by atoms with van der Waals surface area (Å²) in [6.45, 7) is 2.90. The number of hydrogen-bond acceptors (Lipinski definition) is 11. The van der Waals surface area contributed by atoms with E-state index in [9.17, 15) is 10.1 Å². The number of anilines is 2. The Kier molecular flexibility index (Phi) is 7.76. The molecule has 2 aliphatic rings. The van der Waals surface area contributed by atoms with Gasteiger partial charge in [-0.05, 0) is 48.8 Å². The Morgan fingerprint density at radius 3 is 2.66 bits per heavy atom. The van der Waals surface area contributed by atoms with Crippen LogP contribution in [-0.4, -0.2) is 67.9 Å². The standard InChI is InChI=1S/C28H32N8O5/c1-34-20(16-31-28(34)36(37)38)18-40-22-14-23-24(30-17-22)15-26(35-10-12-39-13-11-35)33-27(23)41-21-7-5-19(6-8-21)32-25-4-2-3-9-29-25/h2-4,9,14-17,19,21H,5-8,10-13,18H2,1H3,(H,29,32). The summed E-state index contributed by atoms with van der Waals surface area (Å²) < 4.78 is 19.5. The summed E-state index contributed by atoms with van der Waals surface area (Å²) >= 11 is 0. The number of nitrogens with zero attached hydrogens (tertiary/aromatic N) is 7. The van der Waals surface area contributed by atoms with E-state index in [-0.39, 0.29) is 18.7 Å². The van der Waals surface area contributed by atoms with Crippen LogP contribution in [0.5, 0.6) is 11.6 Å². The maximum Gasteiger partial charge on any atom is 0.434 e. The van der Waals surface area contributed by atoms with Gasteiger partial charge in [-0.2, -0.15) is 4.98 Å². The molecule has 0 radical (unpaired) electrons. The van der Waals surface area contributed by atoms with E-state index in [4.69, 9.17) is 19.2 Å². The first-order chi connectivity index (χ1) is 20.0. The number of ether oxygens (including phenoxy) is 3. The van der Waals surface area contributed by atoms with Gasteiger partial charge in [-0.3, -0.25) is 4.98 Å². The quantitative estimate of drug-likeness (QED) is 0.235. The number of pyridine rings is 3. The van der Waals surface area contributed by atoms with Crippen molar-refractivity contribution in [2.24, 2.45) is 7.05 Å². The third-order valence-corrected chi connectivity index (χ3v) is 7.52. The number of hydrogen-bond donors (Lipinski definition) is 1. The maximum atomic E-state index is 11.1. The van der Waals surface area contributed by atoms with E-state index in [1.54, 1.807) is 19.4 Å². The zero-order valence-corrected chi connectivity index (χ0v) is 22.8. The molecule has 13 heteroatoms. The monoisotopic (exact) mass is 560 g/mol. The minimum absolute atomic E-state index is 0.0204. The molecule has 0 atom stereocenters. The van der Waals surface area contributed by atoms with Crippen molar-refractivity contribution in [3.63, 3.8) is 0 Å². The van der Waals surface area contributed by atoms with Crippen LogP contribution in [0.15, 0.2) is 48.9 Å². The van der Waals surface area contributed by atoms with Crippen molar-refractivity contribution in [3.8, 4) is 11.6 Å². The second-order valence-electron chi connectivity index (χ2n) is 10.2. The number of nitro groups is 1. The summed E-state index contributed by atoms with van der Waals surface area (Å²) in [4.78, 5) is 30.6. The highest BCUT2D eigenvalue weighted by atomic mass is 16.6. The molecule has 1 aliphatic carbocycles. The van der Waals surface area contributed by atoms with Gasteiger partial charge in [0.2, 0.25) is 5.88 Å². The van der Waals surface area contributed by atoms with Gasteiger partial charge in [-0.1, -0.05) is 11.1 Å². The number of morpholine rings is 1. The van der Waals surface area contributed by atoms with Crippen LogP contribution in [0.2, 0.25) is 0 Å². The van der Waals surface area contributed by atoms with E-state index in [0.29, 0.717) is 36.6 Å². The SMILES string of the molecule is Cn1c(COc2cnc3cc(N4CCOCC4)nc(OC4CCC(Nc5ccccn5)CC4)c3c2)cnc1[N+](=O)[O-]. The average molecular weight is 561 g/mol. The second-order valence-corrected chi connectivity index (χ2v) is 10.2. The van der Waals surface area contributed by atoms with Gasteiger partial charge >= 0.3 is 5.95 Å². The molecule has 0 unspecified atom stereocenters. The summed E-state index contributed by atoms with van der Waals surface area (Å²) in [5, 5.41) is 15.4. The van der Waals surface area contributed by atoms with Crippen molar-refractivity contribution in [2.75, 3.05) is 36.5 Å². The molecule has 2 fully saturated rings. The van der Waals surface area contributed by atoms with Crippen molar-refractivity contribution >= 4 is 28.5 Å². The highest BCUT2D eigenvalue weighted by molar-refractivity contribution is 5.87. The highest BCUT2D eigenvalue weighted by Gasteiger charge is 2.25. The average Bonchev–Trinajstić information content (AvgIpc) is 3.38. The molecule has 4 aromatic rings. The van der Waals surface area contributed by atoms with Crippen LogP contribution in [0.3, 0.4) is 0 Å². The number of fused-ring (bicyclic) bond motifs is 1. The maximum absolute atomic E-state index is 11.1. The van der Waals surface area contributed by atoms with E-state index >= 15 is 0 Å². The predicted molar refractivity (Wildman–Crippen MR) is 151 cm³/mol. The summed E-state index contributed by atoms with van der Waals surface area (Å²) in [7, 11) is 1.59. The molecule has 1 N–H and O–H groups in total. The normalized spacial score (nSPS) is 19.2. The summed E-state index contributed by atoms with van der Waals surface area (Å²) in [5.41, 5.74) is 1.33. The molecular formula is C28H32N8O5. The fraction of sp³-hybridized carbons (Fsp3) is 0.429. The lowest BCUT2D eigenvalue weighted by atomic mass is 9.93. The summed E-state index contributed by atoms with van der Waals surface area (Å²) in [6.07, 6.45) is 8.60. The van der Waals surface area contributed by atoms with Gasteiger partial charge in [0.25, 0.3) is 0 Å². The van der Waals surface area contributed by atoms with Crippen molar-refractivity contribution in [1.29, 1.82) is 0 Å². The topological polar surface area (TPSA) is 143 Å². The van der Waals surface area contributed by atoms with Crippen molar-refractivity contribution in [3.05, 3.63) is 64.7 Å². The van der Waals surface area contributed by atoms with Crippen LogP contribution in [0, 0.1) is 10.1 Å². The number of aromatic nitrogens is 5. The van der Waals surface area contributed by atoms with Crippen LogP contribution in [0.1, 0.15) is 31.4 Å². The summed E-state index contributed by atoms with van der Waals surface area (Å²) in [5.74, 6) is 2.50. The fourth-order valence-electron chi connectivity index (χ4n) is 5.22. The van der Waals surface area contributed by atoms with Gasteiger partial charge in [0.1, 0.15) is 36.3 Å². The van der Waals surface area contributed by atoms with Crippen molar-refractivity contribution in [1.82, 2.24) is 24.5 Å². The van der Waals surface area contributed by atoms with E-state index in [2.05, 4.69) is 25.2 Å². The molecule has 0 aromatic carbocycles. The predicted octanol–water partition coefficient (Wildman–Crippen LogP) is 3.88. The Morgan fingerprint density at radius 2 is 1.93 bits per heavy atom. The van der Waals surface area contributed by atoms with E-state index in [0.717, 1.165) is 61.3 Å². The second kappa shape index (κ2) is 11.9. The number of nitrogens with one attached hydrogen (secondary N) is 1. The third kappa shape index (κ3) is 6.14. The van der Waals surface area contributed by atoms with Crippen LogP contribution < -0.4 is 19.7 Å². The van der Waals surface area contributed by atoms with Crippen LogP contribution >= 0.6 is 0 Å². The van der Waals surface area contributed by atoms with E-state index < -0.39 is 4.92 Å². The molecule has 5 heterocycles. The molecule has 1 saturated carbocycles. The molecule has 6 rings (SSSR count). The third-order valence-electron chi connectivity index (χ3n) is 7.52. The zero-order chi connectivity index (χ0) is 28.2. The van der Waals surface area contributed by atoms with Crippen LogP contribution in [0.4, 0.5) is 17.6 Å². The van der Waals surface area contributed by atoms with Gasteiger partial charge in [-0.25, -0.2) is 9.55 Å². The first kappa shape index (κ1) is 26.7. The van der Waals surface area contributed by atoms with Gasteiger partial charge in [0.15, 0.2) is 5.69 Å². The van der Waals surface area contributed by atoms with Crippen LogP contribution in [0.25, 0.3) is 10.9 Å². The first-order valence-corrected chi connectivity index (χ1v) is 13.8. The van der Waals surface area contributed by atoms with Crippen LogP contribution in [-0.2, 0) is 18.4 Å². The number of imidazole rings is 1. The Hall–Kier alpha value is -4.52. The number of rotatable bonds is 9. The molecule has 1 saturated heterocycles. The van der Waals surface area contributed by atoms with Gasteiger partial charge < -0.3 is 34.5 Å². The van der Waals surface area contributed by atoms with Gasteiger partial charge in [0, 0.05) is 31.4 Å². The van der Waals surface area contributed by atoms with E-state index in [1.807, 2.05) is 30.3 Å². The van der Waals surface area contributed by atoms with E-state index in [1.165, 1.54) is 10.8 Å². The molecule has 41 heavy (non-hydrogen) atoms. The van der Waals surface area contributed by atoms with Crippen molar-refractivity contribution in [2.45, 2.75) is 44.4 Å². The fourth-order valence-corrected chi connectivity index (χ4v) is 5.22. The van der Waals surface area contributed by atoms with Crippen molar-refractivity contribution < 1.29 is 19.1 Å². The molecular weight excluding hydrogens is 528 g/mol. The largest absolute Gasteiger partial charge is 0.484 e. The lowest BCUT2D eigenvalue weighted by molar-refractivity contribution is -0.396. The molecule has 4 aromatic heterocycles. The highest BCUT2D eigenvalue weighted by Crippen LogP contribution is 2.33. The summed E-state index contributed by atoms with van der Waals surface area (Å²) in [6, 6.07) is 10.1. The Bertz CT molecular complexity index is 1500. The lowest BCUT2D eigenvalue weighted by Gasteiger charge is -2.31. The zero-order valence-electron chi connectivity index (χ0n) is 22.8. The Balaban J connectivity index is 1.21. The Labute approximate surface area is 236 Å². The first-order valence-electron chi connectivity index (χ1n) is 13.8. The van der Waals surface area contributed by atoms with Gasteiger partial charge in [0.05, 0.1) is 37.4 Å². The molecule has 13 nitrogen and oxygen atoms in total. The van der Waals surface area contributed by atoms with Gasteiger partial charge in [-0.15, -0.1) is 0 Å². The molecule has 0 amide bonds. The smallest absolute Gasteiger partial charge is 0.434 e. The molecule has 0 spiro atoms. The molecule has 0 bridgehead atoms. The Morgan fingerprint density at radius 1 is 1.10 bits per heavy atom. The lowest BCUT2D eigenvalue weighted by Crippen LogP contribution is -2.37. The minimum Gasteiger partial charge on any atom is -0.484 e. The minimum atomic E-state index is -0.523. The molecule has 1 aliphatic heterocycles.